The lowest BCUT2D eigenvalue weighted by molar-refractivity contribution is 0.0357. The van der Waals surface area contributed by atoms with E-state index in [0.29, 0.717) is 47.9 Å². The van der Waals surface area contributed by atoms with Gasteiger partial charge in [0.1, 0.15) is 25.4 Å². The molecule has 2 aliphatic rings. The number of nitrogens with zero attached hydrogens (tertiary/aromatic N) is 3. The van der Waals surface area contributed by atoms with Crippen LogP contribution in [0.2, 0.25) is 5.02 Å². The van der Waals surface area contributed by atoms with E-state index in [0.717, 1.165) is 55.9 Å². The van der Waals surface area contributed by atoms with Crippen LogP contribution in [0, 0.1) is 0 Å². The number of morpholine rings is 1. The Morgan fingerprint density at radius 1 is 1.03 bits per heavy atom. The van der Waals surface area contributed by atoms with Gasteiger partial charge >= 0.3 is 0 Å². The number of rotatable bonds is 7. The predicted octanol–water partition coefficient (Wildman–Crippen LogP) is 3.90. The van der Waals surface area contributed by atoms with Crippen LogP contribution in [-0.4, -0.2) is 67.5 Å². The normalized spacial score (nSPS) is 16.2. The molecule has 0 atom stereocenters. The van der Waals surface area contributed by atoms with Gasteiger partial charge in [-0.1, -0.05) is 17.7 Å². The van der Waals surface area contributed by atoms with Crippen molar-refractivity contribution >= 4 is 34.0 Å². The van der Waals surface area contributed by atoms with E-state index < -0.39 is 0 Å². The number of nitrogens with one attached hydrogen (secondary N) is 1. The first-order valence-corrected chi connectivity index (χ1v) is 11.2. The van der Waals surface area contributed by atoms with Gasteiger partial charge in [-0.15, -0.1) is 0 Å². The van der Waals surface area contributed by atoms with Gasteiger partial charge in [-0.25, -0.2) is 9.97 Å². The minimum atomic E-state index is 0.452. The number of ether oxygens (including phenoxy) is 4. The van der Waals surface area contributed by atoms with E-state index in [1.54, 1.807) is 0 Å². The average Bonchev–Trinajstić information content (AvgIpc) is 2.82. The molecule has 8 nitrogen and oxygen atoms in total. The molecule has 3 heterocycles. The molecule has 9 heteroatoms. The van der Waals surface area contributed by atoms with Crippen LogP contribution in [0.25, 0.3) is 10.9 Å². The highest BCUT2D eigenvalue weighted by Crippen LogP contribution is 2.47. The first-order chi connectivity index (χ1) is 15.8. The minimum Gasteiger partial charge on any atom is -0.489 e. The van der Waals surface area contributed by atoms with Gasteiger partial charge in [0, 0.05) is 36.4 Å². The van der Waals surface area contributed by atoms with Gasteiger partial charge in [0.15, 0.2) is 11.5 Å². The lowest BCUT2D eigenvalue weighted by Gasteiger charge is -2.26. The molecule has 1 N–H and O–H groups in total. The molecule has 168 valence electrons. The first kappa shape index (κ1) is 21.1. The Hall–Kier alpha value is -2.81. The van der Waals surface area contributed by atoms with Crippen LogP contribution in [0.4, 0.5) is 11.5 Å². The molecule has 1 aromatic heterocycles. The molecule has 0 amide bonds. The van der Waals surface area contributed by atoms with Crippen LogP contribution in [0.3, 0.4) is 0 Å². The summed E-state index contributed by atoms with van der Waals surface area (Å²) in [6, 6.07) is 9.36. The smallest absolute Gasteiger partial charge is 0.204 e. The van der Waals surface area contributed by atoms with Crippen molar-refractivity contribution in [1.82, 2.24) is 14.9 Å². The third-order valence-electron chi connectivity index (χ3n) is 5.44. The van der Waals surface area contributed by atoms with E-state index in [4.69, 9.17) is 30.5 Å². The fourth-order valence-electron chi connectivity index (χ4n) is 3.91. The molecule has 32 heavy (non-hydrogen) atoms. The van der Waals surface area contributed by atoms with Crippen molar-refractivity contribution in [2.75, 3.05) is 58.0 Å². The van der Waals surface area contributed by atoms with Crippen molar-refractivity contribution in [3.63, 3.8) is 0 Å². The molecule has 2 aliphatic heterocycles. The van der Waals surface area contributed by atoms with Crippen molar-refractivity contribution in [1.29, 1.82) is 0 Å². The fraction of sp³-hybridized carbons (Fsp3) is 0.391. The van der Waals surface area contributed by atoms with Crippen molar-refractivity contribution in [2.45, 2.75) is 6.42 Å². The van der Waals surface area contributed by atoms with E-state index in [9.17, 15) is 0 Å². The van der Waals surface area contributed by atoms with Gasteiger partial charge in [0.25, 0.3) is 0 Å². The van der Waals surface area contributed by atoms with E-state index in [1.807, 2.05) is 30.3 Å². The monoisotopic (exact) mass is 456 g/mol. The molecule has 0 unspecified atom stereocenters. The van der Waals surface area contributed by atoms with E-state index in [-0.39, 0.29) is 0 Å². The molecule has 5 rings (SSSR count). The van der Waals surface area contributed by atoms with Crippen LogP contribution in [0.1, 0.15) is 6.42 Å². The quantitative estimate of drug-likeness (QED) is 0.536. The summed E-state index contributed by atoms with van der Waals surface area (Å²) in [6.45, 7) is 6.03. The zero-order chi connectivity index (χ0) is 21.8. The molecule has 0 bridgehead atoms. The Morgan fingerprint density at radius 3 is 2.72 bits per heavy atom. The van der Waals surface area contributed by atoms with Gasteiger partial charge in [-0.2, -0.15) is 0 Å². The number of fused-ring (bicyclic) bond motifs is 3. The Labute approximate surface area is 191 Å². The third kappa shape index (κ3) is 4.67. The second kappa shape index (κ2) is 9.77. The number of anilines is 2. The van der Waals surface area contributed by atoms with Gasteiger partial charge in [0.05, 0.1) is 30.7 Å². The Kier molecular flexibility index (Phi) is 6.43. The number of hydrogen-bond acceptors (Lipinski definition) is 8. The summed E-state index contributed by atoms with van der Waals surface area (Å²) in [5.74, 6) is 2.46. The van der Waals surface area contributed by atoms with Crippen LogP contribution >= 0.6 is 11.6 Å². The van der Waals surface area contributed by atoms with Crippen LogP contribution in [0.15, 0.2) is 36.7 Å². The zero-order valence-electron chi connectivity index (χ0n) is 17.7. The Morgan fingerprint density at radius 2 is 1.88 bits per heavy atom. The molecule has 3 aromatic rings. The number of benzene rings is 2. The molecule has 0 radical (unpaired) electrons. The number of aromatic nitrogens is 2. The lowest BCUT2D eigenvalue weighted by atomic mass is 10.1. The average molecular weight is 457 g/mol. The van der Waals surface area contributed by atoms with Crippen LogP contribution in [0.5, 0.6) is 17.2 Å². The maximum Gasteiger partial charge on any atom is 0.204 e. The molecule has 1 fully saturated rings. The molecule has 1 saturated heterocycles. The number of hydrogen-bond donors (Lipinski definition) is 1. The molecule has 0 spiro atoms. The predicted molar refractivity (Wildman–Crippen MR) is 123 cm³/mol. The molecular formula is C23H25ClN4O4. The first-order valence-electron chi connectivity index (χ1n) is 10.8. The summed E-state index contributed by atoms with van der Waals surface area (Å²) >= 11 is 6.13. The summed E-state index contributed by atoms with van der Waals surface area (Å²) in [5.41, 5.74) is 1.54. The second-order valence-electron chi connectivity index (χ2n) is 7.64. The minimum absolute atomic E-state index is 0.452. The highest BCUT2D eigenvalue weighted by Gasteiger charge is 2.24. The van der Waals surface area contributed by atoms with Crippen molar-refractivity contribution in [2.24, 2.45) is 0 Å². The van der Waals surface area contributed by atoms with E-state index in [1.165, 1.54) is 6.33 Å². The topological polar surface area (TPSA) is 78.0 Å². The van der Waals surface area contributed by atoms with Crippen molar-refractivity contribution in [3.05, 3.63) is 41.7 Å². The van der Waals surface area contributed by atoms with E-state index in [2.05, 4.69) is 20.2 Å². The molecule has 0 saturated carbocycles. The summed E-state index contributed by atoms with van der Waals surface area (Å²) in [6.07, 6.45) is 2.44. The van der Waals surface area contributed by atoms with Crippen LogP contribution < -0.4 is 19.5 Å². The summed E-state index contributed by atoms with van der Waals surface area (Å²) < 4.78 is 23.5. The highest BCUT2D eigenvalue weighted by atomic mass is 35.5. The number of halogens is 1. The van der Waals surface area contributed by atoms with Gasteiger partial charge in [-0.05, 0) is 24.6 Å². The maximum absolute atomic E-state index is 6.13. The van der Waals surface area contributed by atoms with Gasteiger partial charge < -0.3 is 24.3 Å². The summed E-state index contributed by atoms with van der Waals surface area (Å²) in [7, 11) is 0. The summed E-state index contributed by atoms with van der Waals surface area (Å²) in [4.78, 5) is 11.3. The largest absolute Gasteiger partial charge is 0.489 e. The molecular weight excluding hydrogens is 432 g/mol. The second-order valence-corrected chi connectivity index (χ2v) is 8.07. The van der Waals surface area contributed by atoms with E-state index >= 15 is 0 Å². The standard InChI is InChI=1S/C23H25ClN4O4/c24-16-3-1-4-17(13-16)27-23-20-18(25-15-26-23)14-19(21-22(20)32-12-11-31-21)30-8-2-5-28-6-9-29-10-7-28/h1,3-4,13-15H,2,5-12H2,(H,25,26,27). The fourth-order valence-corrected chi connectivity index (χ4v) is 4.10. The third-order valence-corrected chi connectivity index (χ3v) is 5.68. The van der Waals surface area contributed by atoms with Crippen molar-refractivity contribution < 1.29 is 18.9 Å². The summed E-state index contributed by atoms with van der Waals surface area (Å²) in [5, 5.41) is 4.71. The zero-order valence-corrected chi connectivity index (χ0v) is 18.4. The molecule has 0 aliphatic carbocycles. The van der Waals surface area contributed by atoms with Crippen molar-refractivity contribution in [3.8, 4) is 17.2 Å². The Bertz CT molecular complexity index is 1090. The molecule has 2 aromatic carbocycles. The van der Waals surface area contributed by atoms with Gasteiger partial charge in [0.2, 0.25) is 5.75 Å². The SMILES string of the molecule is Clc1cccc(Nc2ncnc3cc(OCCCN4CCOCC4)c4c(c23)OCCO4)c1. The van der Waals surface area contributed by atoms with Gasteiger partial charge in [-0.3, -0.25) is 4.90 Å². The lowest BCUT2D eigenvalue weighted by Crippen LogP contribution is -2.37. The highest BCUT2D eigenvalue weighted by molar-refractivity contribution is 6.30. The Balaban J connectivity index is 1.39. The van der Waals surface area contributed by atoms with Crippen LogP contribution in [-0.2, 0) is 4.74 Å². The maximum atomic E-state index is 6.13.